The Labute approximate surface area is 180 Å². The van der Waals surface area contributed by atoms with Crippen molar-refractivity contribution >= 4 is 50.2 Å². The van der Waals surface area contributed by atoms with Gasteiger partial charge in [0, 0.05) is 11.3 Å². The summed E-state index contributed by atoms with van der Waals surface area (Å²) in [5.41, 5.74) is 4.20. The standard InChI is InChI=1S/C22H16BrClN2O3/c1-12-3-7-18-20(9-12)29-22(26-18)15-11-14(5-6-17(15)24)25-21(27)13-4-8-19(28-2)16(23)10-13/h3-11H,1-2H3,(H,25,27). The predicted octanol–water partition coefficient (Wildman–Crippen LogP) is 6.48. The molecule has 4 aromatic rings. The number of nitrogens with zero attached hydrogens (tertiary/aromatic N) is 1. The van der Waals surface area contributed by atoms with Crippen LogP contribution in [0.15, 0.2) is 63.5 Å². The van der Waals surface area contributed by atoms with Crippen LogP contribution in [-0.2, 0) is 0 Å². The van der Waals surface area contributed by atoms with Gasteiger partial charge in [0.25, 0.3) is 5.91 Å². The summed E-state index contributed by atoms with van der Waals surface area (Å²) in [4.78, 5) is 17.1. The molecule has 1 aromatic heterocycles. The number of benzene rings is 3. The topological polar surface area (TPSA) is 64.4 Å². The summed E-state index contributed by atoms with van der Waals surface area (Å²) in [6.45, 7) is 1.99. The van der Waals surface area contributed by atoms with Crippen LogP contribution >= 0.6 is 27.5 Å². The molecular weight excluding hydrogens is 456 g/mol. The maximum absolute atomic E-state index is 12.6. The molecule has 0 aliphatic carbocycles. The van der Waals surface area contributed by atoms with Crippen LogP contribution in [-0.4, -0.2) is 18.0 Å². The lowest BCUT2D eigenvalue weighted by molar-refractivity contribution is 0.102. The number of oxazole rings is 1. The first-order valence-electron chi connectivity index (χ1n) is 8.76. The first-order valence-corrected chi connectivity index (χ1v) is 9.93. The van der Waals surface area contributed by atoms with E-state index in [9.17, 15) is 4.79 Å². The molecule has 3 aromatic carbocycles. The molecule has 7 heteroatoms. The van der Waals surface area contributed by atoms with E-state index < -0.39 is 0 Å². The smallest absolute Gasteiger partial charge is 0.255 e. The Bertz CT molecular complexity index is 1240. The van der Waals surface area contributed by atoms with Crippen LogP contribution in [0.1, 0.15) is 15.9 Å². The van der Waals surface area contributed by atoms with E-state index in [1.54, 1.807) is 43.5 Å². The van der Waals surface area contributed by atoms with E-state index in [1.807, 2.05) is 25.1 Å². The molecule has 146 valence electrons. The van der Waals surface area contributed by atoms with Crippen LogP contribution in [0.2, 0.25) is 5.02 Å². The Balaban J connectivity index is 1.64. The van der Waals surface area contributed by atoms with Gasteiger partial charge in [-0.15, -0.1) is 0 Å². The third-order valence-corrected chi connectivity index (χ3v) is 5.36. The van der Waals surface area contributed by atoms with Gasteiger partial charge in [-0.2, -0.15) is 0 Å². The van der Waals surface area contributed by atoms with E-state index in [2.05, 4.69) is 26.2 Å². The zero-order chi connectivity index (χ0) is 20.5. The number of rotatable bonds is 4. The molecule has 1 amide bonds. The van der Waals surface area contributed by atoms with Gasteiger partial charge >= 0.3 is 0 Å². The maximum atomic E-state index is 12.6. The molecule has 5 nitrogen and oxygen atoms in total. The number of carbonyl (C=O) groups excluding carboxylic acids is 1. The fourth-order valence-electron chi connectivity index (χ4n) is 2.92. The van der Waals surface area contributed by atoms with Crippen LogP contribution in [0.25, 0.3) is 22.6 Å². The van der Waals surface area contributed by atoms with Crippen molar-refractivity contribution in [3.63, 3.8) is 0 Å². The van der Waals surface area contributed by atoms with Crippen LogP contribution < -0.4 is 10.1 Å². The minimum atomic E-state index is -0.255. The molecule has 1 N–H and O–H groups in total. The van der Waals surface area contributed by atoms with E-state index in [0.717, 1.165) is 11.1 Å². The molecule has 0 bridgehead atoms. The fourth-order valence-corrected chi connectivity index (χ4v) is 3.66. The minimum absolute atomic E-state index is 0.255. The van der Waals surface area contributed by atoms with Crippen LogP contribution in [0.3, 0.4) is 0 Å². The number of carbonyl (C=O) groups is 1. The highest BCUT2D eigenvalue weighted by Gasteiger charge is 2.15. The van der Waals surface area contributed by atoms with Crippen molar-refractivity contribution < 1.29 is 13.9 Å². The van der Waals surface area contributed by atoms with Gasteiger partial charge in [-0.05, 0) is 76.9 Å². The molecule has 0 aliphatic rings. The highest BCUT2D eigenvalue weighted by molar-refractivity contribution is 9.10. The van der Waals surface area contributed by atoms with E-state index in [1.165, 1.54) is 0 Å². The first-order chi connectivity index (χ1) is 13.9. The van der Waals surface area contributed by atoms with Gasteiger partial charge in [0.15, 0.2) is 5.58 Å². The summed E-state index contributed by atoms with van der Waals surface area (Å²) in [5, 5.41) is 3.36. The number of methoxy groups -OCH3 is 1. The van der Waals surface area contributed by atoms with E-state index in [-0.39, 0.29) is 5.91 Å². The molecule has 0 saturated heterocycles. The van der Waals surface area contributed by atoms with Gasteiger partial charge in [-0.1, -0.05) is 17.7 Å². The second kappa shape index (κ2) is 7.89. The van der Waals surface area contributed by atoms with Crippen LogP contribution in [0.4, 0.5) is 5.69 Å². The van der Waals surface area contributed by atoms with Gasteiger partial charge in [0.2, 0.25) is 5.89 Å². The van der Waals surface area contributed by atoms with Crippen LogP contribution in [0.5, 0.6) is 5.75 Å². The van der Waals surface area contributed by atoms with Crippen molar-refractivity contribution in [1.82, 2.24) is 4.98 Å². The Kier molecular flexibility index (Phi) is 5.30. The average molecular weight is 472 g/mol. The number of fused-ring (bicyclic) bond motifs is 1. The van der Waals surface area contributed by atoms with Gasteiger partial charge < -0.3 is 14.5 Å². The molecule has 0 unspecified atom stereocenters. The van der Waals surface area contributed by atoms with Gasteiger partial charge in [0.05, 0.1) is 22.2 Å². The molecule has 0 spiro atoms. The molecule has 0 saturated carbocycles. The van der Waals surface area contributed by atoms with Gasteiger partial charge in [0.1, 0.15) is 11.3 Å². The number of amides is 1. The minimum Gasteiger partial charge on any atom is -0.496 e. The van der Waals surface area contributed by atoms with Crippen molar-refractivity contribution in [3.8, 4) is 17.2 Å². The third kappa shape index (κ3) is 3.99. The Morgan fingerprint density at radius 3 is 2.72 bits per heavy atom. The normalized spacial score (nSPS) is 10.9. The summed E-state index contributed by atoms with van der Waals surface area (Å²) in [7, 11) is 1.57. The SMILES string of the molecule is COc1ccc(C(=O)Nc2ccc(Cl)c(-c3nc4ccc(C)cc4o3)c2)cc1Br. The summed E-state index contributed by atoms with van der Waals surface area (Å²) >= 11 is 9.76. The summed E-state index contributed by atoms with van der Waals surface area (Å²) in [5.74, 6) is 0.801. The highest BCUT2D eigenvalue weighted by atomic mass is 79.9. The number of nitrogens with one attached hydrogen (secondary N) is 1. The lowest BCUT2D eigenvalue weighted by Crippen LogP contribution is -2.12. The molecule has 0 fully saturated rings. The van der Waals surface area contributed by atoms with E-state index >= 15 is 0 Å². The molecule has 1 heterocycles. The third-order valence-electron chi connectivity index (χ3n) is 4.41. The molecular formula is C22H16BrClN2O3. The average Bonchev–Trinajstić information content (AvgIpc) is 3.12. The number of hydrogen-bond donors (Lipinski definition) is 1. The number of anilines is 1. The number of aromatic nitrogens is 1. The number of hydrogen-bond acceptors (Lipinski definition) is 4. The molecule has 0 radical (unpaired) electrons. The van der Waals surface area contributed by atoms with Crippen molar-refractivity contribution in [3.05, 3.63) is 75.2 Å². The molecule has 29 heavy (non-hydrogen) atoms. The number of ether oxygens (including phenoxy) is 1. The Morgan fingerprint density at radius 2 is 1.97 bits per heavy atom. The van der Waals surface area contributed by atoms with Crippen molar-refractivity contribution in [2.45, 2.75) is 6.92 Å². The lowest BCUT2D eigenvalue weighted by atomic mass is 10.1. The zero-order valence-corrected chi connectivity index (χ0v) is 18.0. The summed E-state index contributed by atoms with van der Waals surface area (Å²) in [6.07, 6.45) is 0. The van der Waals surface area contributed by atoms with E-state index in [4.69, 9.17) is 20.8 Å². The maximum Gasteiger partial charge on any atom is 0.255 e. The second-order valence-corrected chi connectivity index (χ2v) is 7.75. The Hall–Kier alpha value is -2.83. The number of halogens is 2. The predicted molar refractivity (Wildman–Crippen MR) is 118 cm³/mol. The molecule has 0 atom stereocenters. The largest absolute Gasteiger partial charge is 0.496 e. The fraction of sp³-hybridized carbons (Fsp3) is 0.0909. The highest BCUT2D eigenvalue weighted by Crippen LogP contribution is 2.33. The Morgan fingerprint density at radius 1 is 1.14 bits per heavy atom. The van der Waals surface area contributed by atoms with Gasteiger partial charge in [-0.25, -0.2) is 4.98 Å². The van der Waals surface area contributed by atoms with Crippen molar-refractivity contribution in [2.24, 2.45) is 0 Å². The zero-order valence-electron chi connectivity index (χ0n) is 15.6. The molecule has 0 aliphatic heterocycles. The first kappa shape index (κ1) is 19.5. The summed E-state index contributed by atoms with van der Waals surface area (Å²) < 4.78 is 11.8. The lowest BCUT2D eigenvalue weighted by Gasteiger charge is -2.09. The monoisotopic (exact) mass is 470 g/mol. The van der Waals surface area contributed by atoms with Crippen molar-refractivity contribution in [2.75, 3.05) is 12.4 Å². The van der Waals surface area contributed by atoms with E-state index in [0.29, 0.717) is 43.5 Å². The van der Waals surface area contributed by atoms with Crippen LogP contribution in [0, 0.1) is 6.92 Å². The summed E-state index contributed by atoms with van der Waals surface area (Å²) in [6, 6.07) is 16.1. The van der Waals surface area contributed by atoms with Gasteiger partial charge in [-0.3, -0.25) is 4.79 Å². The number of aryl methyl sites for hydroxylation is 1. The van der Waals surface area contributed by atoms with Crippen molar-refractivity contribution in [1.29, 1.82) is 0 Å². The molecule has 4 rings (SSSR count). The quantitative estimate of drug-likeness (QED) is 0.370. The second-order valence-electron chi connectivity index (χ2n) is 6.49.